The van der Waals surface area contributed by atoms with Crippen LogP contribution in [0, 0.1) is 0 Å². The average molecular weight is 250 g/mol. The number of nitrogens with zero attached hydrogens (tertiary/aromatic N) is 2. The SMILES string of the molecule is Cn1nccc1S(=O)(=O)NC1(CCl)CC1. The monoisotopic (exact) mass is 249 g/mol. The second kappa shape index (κ2) is 3.47. The lowest BCUT2D eigenvalue weighted by atomic mass is 10.4. The minimum atomic E-state index is -3.49. The number of halogens is 1. The van der Waals surface area contributed by atoms with E-state index in [1.54, 1.807) is 7.05 Å². The maximum Gasteiger partial charge on any atom is 0.258 e. The second-order valence-corrected chi connectivity index (χ2v) is 5.71. The van der Waals surface area contributed by atoms with Crippen LogP contribution >= 0.6 is 11.6 Å². The van der Waals surface area contributed by atoms with E-state index in [4.69, 9.17) is 11.6 Å². The molecule has 15 heavy (non-hydrogen) atoms. The molecule has 0 atom stereocenters. The molecule has 1 saturated carbocycles. The number of alkyl halides is 1. The van der Waals surface area contributed by atoms with E-state index in [-0.39, 0.29) is 5.03 Å². The predicted octanol–water partition coefficient (Wildman–Crippen LogP) is 0.470. The van der Waals surface area contributed by atoms with Crippen molar-refractivity contribution in [2.45, 2.75) is 23.4 Å². The Kier molecular flexibility index (Phi) is 2.52. The first-order valence-corrected chi connectivity index (χ1v) is 6.59. The third-order valence-electron chi connectivity index (χ3n) is 2.51. The van der Waals surface area contributed by atoms with Crippen LogP contribution in [-0.2, 0) is 17.1 Å². The predicted molar refractivity (Wildman–Crippen MR) is 56.2 cm³/mol. The van der Waals surface area contributed by atoms with Gasteiger partial charge in [0.2, 0.25) is 0 Å². The van der Waals surface area contributed by atoms with Crippen molar-refractivity contribution in [1.29, 1.82) is 0 Å². The lowest BCUT2D eigenvalue weighted by Gasteiger charge is -2.13. The first kappa shape index (κ1) is 10.9. The van der Waals surface area contributed by atoms with Gasteiger partial charge in [0.15, 0.2) is 5.03 Å². The molecule has 84 valence electrons. The first-order chi connectivity index (χ1) is 6.99. The molecule has 1 aromatic heterocycles. The van der Waals surface area contributed by atoms with Crippen molar-refractivity contribution in [2.24, 2.45) is 7.05 Å². The van der Waals surface area contributed by atoms with Gasteiger partial charge in [-0.15, -0.1) is 11.6 Å². The summed E-state index contributed by atoms with van der Waals surface area (Å²) in [6, 6.07) is 1.46. The van der Waals surface area contributed by atoms with Crippen LogP contribution in [-0.4, -0.2) is 29.6 Å². The minimum Gasteiger partial charge on any atom is -0.256 e. The van der Waals surface area contributed by atoms with Crippen molar-refractivity contribution in [3.05, 3.63) is 12.3 Å². The number of nitrogens with one attached hydrogen (secondary N) is 1. The van der Waals surface area contributed by atoms with Gasteiger partial charge in [-0.05, 0) is 18.9 Å². The molecule has 0 spiro atoms. The van der Waals surface area contributed by atoms with Crippen molar-refractivity contribution in [3.63, 3.8) is 0 Å². The third kappa shape index (κ3) is 2.02. The first-order valence-electron chi connectivity index (χ1n) is 4.57. The van der Waals surface area contributed by atoms with Gasteiger partial charge >= 0.3 is 0 Å². The van der Waals surface area contributed by atoms with Crippen LogP contribution < -0.4 is 4.72 Å². The fourth-order valence-electron chi connectivity index (χ4n) is 1.38. The highest BCUT2D eigenvalue weighted by molar-refractivity contribution is 7.89. The van der Waals surface area contributed by atoms with Crippen molar-refractivity contribution >= 4 is 21.6 Å². The molecule has 0 radical (unpaired) electrons. The zero-order chi connectivity index (χ0) is 11.1. The molecular formula is C8H12ClN3O2S. The van der Waals surface area contributed by atoms with E-state index in [1.165, 1.54) is 16.9 Å². The zero-order valence-corrected chi connectivity index (χ0v) is 9.85. The van der Waals surface area contributed by atoms with Crippen LogP contribution in [0.5, 0.6) is 0 Å². The molecule has 2 rings (SSSR count). The molecule has 0 bridgehead atoms. The van der Waals surface area contributed by atoms with Gasteiger partial charge in [-0.1, -0.05) is 0 Å². The summed E-state index contributed by atoms with van der Waals surface area (Å²) < 4.78 is 27.7. The molecule has 7 heteroatoms. The second-order valence-electron chi connectivity index (χ2n) is 3.81. The average Bonchev–Trinajstić information content (AvgIpc) is 2.78. The van der Waals surface area contributed by atoms with E-state index in [9.17, 15) is 8.42 Å². The number of sulfonamides is 1. The Morgan fingerprint density at radius 2 is 2.33 bits per heavy atom. The van der Waals surface area contributed by atoms with Gasteiger partial charge < -0.3 is 0 Å². The van der Waals surface area contributed by atoms with Gasteiger partial charge in [-0.25, -0.2) is 13.1 Å². The van der Waals surface area contributed by atoms with Crippen molar-refractivity contribution in [2.75, 3.05) is 5.88 Å². The molecule has 1 heterocycles. The molecule has 0 saturated heterocycles. The van der Waals surface area contributed by atoms with E-state index >= 15 is 0 Å². The standard InChI is InChI=1S/C8H12ClN3O2S/c1-12-7(2-5-10-12)15(13,14)11-8(6-9)3-4-8/h2,5,11H,3-4,6H2,1H3. The highest BCUT2D eigenvalue weighted by atomic mass is 35.5. The van der Waals surface area contributed by atoms with Gasteiger partial charge in [0.25, 0.3) is 10.0 Å². The van der Waals surface area contributed by atoms with Crippen molar-refractivity contribution in [1.82, 2.24) is 14.5 Å². The molecule has 0 unspecified atom stereocenters. The summed E-state index contributed by atoms with van der Waals surface area (Å²) in [5, 5.41) is 3.99. The molecule has 0 aromatic carbocycles. The smallest absolute Gasteiger partial charge is 0.256 e. The van der Waals surface area contributed by atoms with Crippen LogP contribution in [0.3, 0.4) is 0 Å². The van der Waals surface area contributed by atoms with Gasteiger partial charge in [0.05, 0.1) is 6.20 Å². The lowest BCUT2D eigenvalue weighted by Crippen LogP contribution is -2.38. The summed E-state index contributed by atoms with van der Waals surface area (Å²) in [5.74, 6) is 0.310. The van der Waals surface area contributed by atoms with E-state index in [0.29, 0.717) is 5.88 Å². The molecule has 0 aliphatic heterocycles. The van der Waals surface area contributed by atoms with E-state index in [0.717, 1.165) is 12.8 Å². The van der Waals surface area contributed by atoms with E-state index in [1.807, 2.05) is 0 Å². The highest BCUT2D eigenvalue weighted by Gasteiger charge is 2.45. The molecule has 1 fully saturated rings. The van der Waals surface area contributed by atoms with Gasteiger partial charge in [-0.3, -0.25) is 4.68 Å². The maximum absolute atomic E-state index is 11.9. The summed E-state index contributed by atoms with van der Waals surface area (Å²) in [5.41, 5.74) is -0.426. The van der Waals surface area contributed by atoms with E-state index in [2.05, 4.69) is 9.82 Å². The maximum atomic E-state index is 11.9. The molecular weight excluding hydrogens is 238 g/mol. The summed E-state index contributed by atoms with van der Waals surface area (Å²) in [6.07, 6.45) is 3.05. The number of aromatic nitrogens is 2. The largest absolute Gasteiger partial charge is 0.258 e. The number of aryl methyl sites for hydroxylation is 1. The quantitative estimate of drug-likeness (QED) is 0.789. The minimum absolute atomic E-state index is 0.166. The summed E-state index contributed by atoms with van der Waals surface area (Å²) in [7, 11) is -1.90. The van der Waals surface area contributed by atoms with Crippen LogP contribution in [0.4, 0.5) is 0 Å². The Morgan fingerprint density at radius 1 is 1.67 bits per heavy atom. The summed E-state index contributed by atoms with van der Waals surface area (Å²) >= 11 is 5.71. The third-order valence-corrected chi connectivity index (χ3v) is 4.68. The molecule has 0 amide bonds. The van der Waals surface area contributed by atoms with Crippen LogP contribution in [0.1, 0.15) is 12.8 Å². The van der Waals surface area contributed by atoms with Crippen molar-refractivity contribution in [3.8, 4) is 0 Å². The Hall–Kier alpha value is -0.590. The van der Waals surface area contributed by atoms with Gasteiger partial charge in [0.1, 0.15) is 0 Å². The molecule has 1 aliphatic carbocycles. The molecule has 5 nitrogen and oxygen atoms in total. The summed E-state index contributed by atoms with van der Waals surface area (Å²) in [4.78, 5) is 0. The van der Waals surface area contributed by atoms with E-state index < -0.39 is 15.6 Å². The van der Waals surface area contributed by atoms with Crippen LogP contribution in [0.25, 0.3) is 0 Å². The normalized spacial score (nSPS) is 19.1. The Bertz CT molecular complexity index is 464. The number of hydrogen-bond acceptors (Lipinski definition) is 3. The topological polar surface area (TPSA) is 64.0 Å². The Balaban J connectivity index is 2.25. The molecule has 1 aromatic rings. The lowest BCUT2D eigenvalue weighted by molar-refractivity contribution is 0.543. The zero-order valence-electron chi connectivity index (χ0n) is 8.27. The molecule has 1 N–H and O–H groups in total. The summed E-state index contributed by atoms with van der Waals surface area (Å²) in [6.45, 7) is 0. The van der Waals surface area contributed by atoms with Crippen LogP contribution in [0.15, 0.2) is 17.3 Å². The fourth-order valence-corrected chi connectivity index (χ4v) is 3.38. The fraction of sp³-hybridized carbons (Fsp3) is 0.625. The highest BCUT2D eigenvalue weighted by Crippen LogP contribution is 2.37. The number of hydrogen-bond donors (Lipinski definition) is 1. The number of rotatable bonds is 4. The Labute approximate surface area is 93.5 Å². The van der Waals surface area contributed by atoms with Crippen molar-refractivity contribution < 1.29 is 8.42 Å². The van der Waals surface area contributed by atoms with Crippen LogP contribution in [0.2, 0.25) is 0 Å². The van der Waals surface area contributed by atoms with Gasteiger partial charge in [-0.2, -0.15) is 5.10 Å². The molecule has 1 aliphatic rings. The Morgan fingerprint density at radius 3 is 2.73 bits per heavy atom. The van der Waals surface area contributed by atoms with Gasteiger partial charge in [0, 0.05) is 18.5 Å².